The molecule has 2 aromatic rings. The molecule has 98 valence electrons. The second-order valence-corrected chi connectivity index (χ2v) is 6.35. The Balaban J connectivity index is 1.62. The van der Waals surface area contributed by atoms with E-state index in [2.05, 4.69) is 45.5 Å². The van der Waals surface area contributed by atoms with E-state index in [4.69, 9.17) is 0 Å². The van der Waals surface area contributed by atoms with Gasteiger partial charge in [-0.1, -0.05) is 41.7 Å². The molecule has 2 atom stereocenters. The highest BCUT2D eigenvalue weighted by Crippen LogP contribution is 2.37. The molecule has 2 unspecified atom stereocenters. The van der Waals surface area contributed by atoms with Crippen LogP contribution in [0.2, 0.25) is 0 Å². The van der Waals surface area contributed by atoms with Crippen LogP contribution in [-0.2, 0) is 0 Å². The lowest BCUT2D eigenvalue weighted by molar-refractivity contribution is 0.578. The number of hydrogen-bond acceptors (Lipinski definition) is 4. The Morgan fingerprint density at radius 2 is 2.11 bits per heavy atom. The Morgan fingerprint density at radius 3 is 3.00 bits per heavy atom. The van der Waals surface area contributed by atoms with Crippen LogP contribution in [0.1, 0.15) is 6.42 Å². The fraction of sp³-hybridized carbons (Fsp3) is 0.400. The molecule has 3 heterocycles. The predicted octanol–water partition coefficient (Wildman–Crippen LogP) is 2.61. The second-order valence-electron chi connectivity index (χ2n) is 5.34. The Morgan fingerprint density at radius 1 is 1.21 bits per heavy atom. The van der Waals surface area contributed by atoms with Crippen LogP contribution in [0.3, 0.4) is 0 Å². The van der Waals surface area contributed by atoms with E-state index in [0.29, 0.717) is 6.04 Å². The zero-order valence-electron chi connectivity index (χ0n) is 10.7. The van der Waals surface area contributed by atoms with Crippen LogP contribution in [0.4, 0.5) is 5.13 Å². The van der Waals surface area contributed by atoms with Crippen molar-refractivity contribution in [3.8, 4) is 10.4 Å². The lowest BCUT2D eigenvalue weighted by Gasteiger charge is -2.22. The van der Waals surface area contributed by atoms with E-state index in [0.717, 1.165) is 12.5 Å². The minimum atomic E-state index is 0.662. The molecule has 0 bridgehead atoms. The van der Waals surface area contributed by atoms with Gasteiger partial charge in [-0.2, -0.15) is 0 Å². The molecule has 0 radical (unpaired) electrons. The molecule has 2 aliphatic heterocycles. The first-order valence-electron chi connectivity index (χ1n) is 6.90. The monoisotopic (exact) mass is 271 g/mol. The van der Waals surface area contributed by atoms with E-state index in [-0.39, 0.29) is 0 Å². The Kier molecular flexibility index (Phi) is 2.78. The van der Waals surface area contributed by atoms with E-state index in [1.807, 2.05) is 17.5 Å². The van der Waals surface area contributed by atoms with Gasteiger partial charge in [0.05, 0.1) is 4.88 Å². The first-order chi connectivity index (χ1) is 9.42. The van der Waals surface area contributed by atoms with Crippen LogP contribution < -0.4 is 10.2 Å². The molecule has 1 aromatic heterocycles. The lowest BCUT2D eigenvalue weighted by Crippen LogP contribution is -2.33. The van der Waals surface area contributed by atoms with Crippen molar-refractivity contribution in [3.05, 3.63) is 36.5 Å². The van der Waals surface area contributed by atoms with Crippen molar-refractivity contribution in [3.63, 3.8) is 0 Å². The van der Waals surface area contributed by atoms with Crippen molar-refractivity contribution >= 4 is 16.5 Å². The molecule has 0 aliphatic carbocycles. The van der Waals surface area contributed by atoms with Gasteiger partial charge in [0, 0.05) is 31.9 Å². The molecule has 1 aromatic carbocycles. The first-order valence-corrected chi connectivity index (χ1v) is 7.72. The molecule has 4 heteroatoms. The van der Waals surface area contributed by atoms with Gasteiger partial charge in [0.15, 0.2) is 5.13 Å². The molecule has 2 saturated heterocycles. The third kappa shape index (κ3) is 1.95. The third-order valence-electron chi connectivity index (χ3n) is 4.24. The van der Waals surface area contributed by atoms with Crippen LogP contribution in [0.5, 0.6) is 0 Å². The summed E-state index contributed by atoms with van der Waals surface area (Å²) in [5, 5.41) is 4.69. The van der Waals surface area contributed by atoms with E-state index in [1.165, 1.54) is 35.1 Å². The van der Waals surface area contributed by atoms with Crippen LogP contribution in [0, 0.1) is 5.92 Å². The van der Waals surface area contributed by atoms with E-state index >= 15 is 0 Å². The van der Waals surface area contributed by atoms with Crippen molar-refractivity contribution in [1.29, 1.82) is 0 Å². The topological polar surface area (TPSA) is 28.2 Å². The maximum atomic E-state index is 4.65. The van der Waals surface area contributed by atoms with Crippen molar-refractivity contribution in [2.75, 3.05) is 24.5 Å². The number of nitrogens with zero attached hydrogens (tertiary/aromatic N) is 2. The summed E-state index contributed by atoms with van der Waals surface area (Å²) >= 11 is 1.82. The smallest absolute Gasteiger partial charge is 0.186 e. The average molecular weight is 271 g/mol. The maximum Gasteiger partial charge on any atom is 0.186 e. The van der Waals surface area contributed by atoms with Gasteiger partial charge in [0.25, 0.3) is 0 Å². The fourth-order valence-electron chi connectivity index (χ4n) is 3.22. The minimum absolute atomic E-state index is 0.662. The molecular weight excluding hydrogens is 254 g/mol. The van der Waals surface area contributed by atoms with E-state index < -0.39 is 0 Å². The zero-order valence-corrected chi connectivity index (χ0v) is 11.6. The molecule has 2 aliphatic rings. The number of benzene rings is 1. The molecule has 3 nitrogen and oxygen atoms in total. The minimum Gasteiger partial charge on any atom is -0.343 e. The van der Waals surface area contributed by atoms with Gasteiger partial charge < -0.3 is 10.2 Å². The largest absolute Gasteiger partial charge is 0.343 e. The lowest BCUT2D eigenvalue weighted by atomic mass is 10.1. The summed E-state index contributed by atoms with van der Waals surface area (Å²) in [7, 11) is 0. The summed E-state index contributed by atoms with van der Waals surface area (Å²) in [6.45, 7) is 3.46. The molecule has 4 rings (SSSR count). The van der Waals surface area contributed by atoms with Crippen molar-refractivity contribution in [1.82, 2.24) is 10.3 Å². The van der Waals surface area contributed by atoms with Gasteiger partial charge in [-0.3, -0.25) is 0 Å². The fourth-order valence-corrected chi connectivity index (χ4v) is 4.23. The Hall–Kier alpha value is -1.39. The normalized spacial score (nSPS) is 25.8. The second kappa shape index (κ2) is 4.62. The number of aromatic nitrogens is 1. The summed E-state index contributed by atoms with van der Waals surface area (Å²) in [6, 6.07) is 11.2. The molecule has 0 amide bonds. The van der Waals surface area contributed by atoms with Gasteiger partial charge in [0.1, 0.15) is 0 Å². The zero-order chi connectivity index (χ0) is 12.7. The first kappa shape index (κ1) is 11.4. The number of thiazole rings is 1. The van der Waals surface area contributed by atoms with Crippen LogP contribution in [-0.4, -0.2) is 30.7 Å². The number of nitrogens with one attached hydrogen (secondary N) is 1. The average Bonchev–Trinajstić information content (AvgIpc) is 3.15. The van der Waals surface area contributed by atoms with Crippen LogP contribution in [0.15, 0.2) is 36.5 Å². The molecule has 2 fully saturated rings. The summed E-state index contributed by atoms with van der Waals surface area (Å²) in [6.07, 6.45) is 3.32. The summed E-state index contributed by atoms with van der Waals surface area (Å²) in [4.78, 5) is 8.42. The van der Waals surface area contributed by atoms with E-state index in [9.17, 15) is 0 Å². The number of anilines is 1. The number of hydrogen-bond donors (Lipinski definition) is 1. The Labute approximate surface area is 117 Å². The number of rotatable bonds is 2. The van der Waals surface area contributed by atoms with Crippen LogP contribution in [0.25, 0.3) is 10.4 Å². The van der Waals surface area contributed by atoms with Crippen molar-refractivity contribution in [2.45, 2.75) is 12.5 Å². The standard InChI is InChI=1S/C15H17N3S/c1-2-4-11(5-3-1)14-10-17-15(19-14)18-7-6-12-8-16-9-13(12)18/h1-5,10,12-13,16H,6-9H2. The van der Waals surface area contributed by atoms with Crippen LogP contribution >= 0.6 is 11.3 Å². The molecule has 19 heavy (non-hydrogen) atoms. The van der Waals surface area contributed by atoms with Gasteiger partial charge in [-0.25, -0.2) is 4.98 Å². The summed E-state index contributed by atoms with van der Waals surface area (Å²) in [5.74, 6) is 0.823. The third-order valence-corrected chi connectivity index (χ3v) is 5.33. The van der Waals surface area contributed by atoms with Gasteiger partial charge >= 0.3 is 0 Å². The van der Waals surface area contributed by atoms with Crippen molar-refractivity contribution in [2.24, 2.45) is 5.92 Å². The summed E-state index contributed by atoms with van der Waals surface area (Å²) in [5.41, 5.74) is 1.27. The SMILES string of the molecule is c1ccc(-c2cnc(N3CCC4CNCC43)s2)cc1. The van der Waals surface area contributed by atoms with E-state index in [1.54, 1.807) is 0 Å². The van der Waals surface area contributed by atoms with Crippen molar-refractivity contribution < 1.29 is 0 Å². The molecular formula is C15H17N3S. The highest BCUT2D eigenvalue weighted by Gasteiger charge is 2.38. The molecule has 0 spiro atoms. The van der Waals surface area contributed by atoms with Gasteiger partial charge in [0.2, 0.25) is 0 Å². The Bertz CT molecular complexity index is 566. The number of fused-ring (bicyclic) bond motifs is 1. The predicted molar refractivity (Wildman–Crippen MR) is 79.7 cm³/mol. The summed E-state index contributed by atoms with van der Waals surface area (Å²) < 4.78 is 0. The maximum absolute atomic E-state index is 4.65. The van der Waals surface area contributed by atoms with Gasteiger partial charge in [-0.05, 0) is 17.9 Å². The quantitative estimate of drug-likeness (QED) is 0.910. The van der Waals surface area contributed by atoms with Gasteiger partial charge in [-0.15, -0.1) is 0 Å². The molecule has 1 N–H and O–H groups in total. The molecule has 0 saturated carbocycles. The highest BCUT2D eigenvalue weighted by molar-refractivity contribution is 7.18. The highest BCUT2D eigenvalue weighted by atomic mass is 32.1.